The number of ketones is 1. The van der Waals surface area contributed by atoms with E-state index in [0.29, 0.717) is 40.0 Å². The van der Waals surface area contributed by atoms with Gasteiger partial charge in [-0.1, -0.05) is 19.4 Å². The van der Waals surface area contributed by atoms with E-state index < -0.39 is 5.82 Å². The van der Waals surface area contributed by atoms with E-state index in [0.717, 1.165) is 43.5 Å². The van der Waals surface area contributed by atoms with E-state index >= 15 is 0 Å². The third kappa shape index (κ3) is 6.87. The summed E-state index contributed by atoms with van der Waals surface area (Å²) in [6.45, 7) is 3.74. The van der Waals surface area contributed by atoms with Crippen LogP contribution in [0.2, 0.25) is 0 Å². The van der Waals surface area contributed by atoms with Crippen LogP contribution in [0, 0.1) is 17.7 Å². The Balaban J connectivity index is 0.00000102. The average Bonchev–Trinajstić information content (AvgIpc) is 3.59. The van der Waals surface area contributed by atoms with E-state index in [4.69, 9.17) is 14.3 Å². The van der Waals surface area contributed by atoms with Gasteiger partial charge in [0.2, 0.25) is 0 Å². The Labute approximate surface area is 218 Å². The molecule has 1 amide bonds. The number of amides is 1. The fourth-order valence-corrected chi connectivity index (χ4v) is 5.67. The third-order valence-electron chi connectivity index (χ3n) is 6.80. The molecule has 1 saturated carbocycles. The maximum absolute atomic E-state index is 14.8. The van der Waals surface area contributed by atoms with Crippen LogP contribution in [0.15, 0.2) is 36.5 Å². The van der Waals surface area contributed by atoms with E-state index in [1.165, 1.54) is 23.8 Å². The Kier molecular flexibility index (Phi) is 8.79. The third-order valence-corrected chi connectivity index (χ3v) is 7.93. The van der Waals surface area contributed by atoms with E-state index in [1.807, 2.05) is 4.90 Å². The van der Waals surface area contributed by atoms with Crippen LogP contribution in [0.25, 0.3) is 10.2 Å². The van der Waals surface area contributed by atoms with Crippen molar-refractivity contribution in [1.29, 1.82) is 0 Å². The van der Waals surface area contributed by atoms with Crippen LogP contribution in [0.3, 0.4) is 0 Å². The van der Waals surface area contributed by atoms with Crippen molar-refractivity contribution in [2.75, 3.05) is 13.1 Å². The van der Waals surface area contributed by atoms with Crippen LogP contribution in [0.1, 0.15) is 60.7 Å². The van der Waals surface area contributed by atoms with Gasteiger partial charge in [0.1, 0.15) is 11.5 Å². The zero-order chi connectivity index (χ0) is 26.4. The fourth-order valence-electron chi connectivity index (χ4n) is 4.64. The Morgan fingerprint density at radius 1 is 1.14 bits per heavy atom. The first kappa shape index (κ1) is 26.6. The standard InChI is InChI=1S/C27H29FN2O3S.CO2/c1-2-17-4-3-11-30(16-17)27(32)25-15-22-26(34-25)24(9-10-29-22)33-23-8-7-19(14-21(23)28)13-20(31)12-18-5-6-18;2-1-3/h7-10,14-15,17-18H,2-6,11-13,16H2,1H3;. The summed E-state index contributed by atoms with van der Waals surface area (Å²) in [5.74, 6) is 1.32. The number of benzene rings is 1. The van der Waals surface area contributed by atoms with Gasteiger partial charge in [0.05, 0.1) is 15.1 Å². The summed E-state index contributed by atoms with van der Waals surface area (Å²) in [5, 5.41) is 0. The number of ether oxygens (including phenoxy) is 1. The number of pyridine rings is 1. The summed E-state index contributed by atoms with van der Waals surface area (Å²) in [6, 6.07) is 8.18. The van der Waals surface area contributed by atoms with Crippen molar-refractivity contribution in [3.63, 3.8) is 0 Å². The van der Waals surface area contributed by atoms with Crippen molar-refractivity contribution in [1.82, 2.24) is 9.88 Å². The second-order valence-electron chi connectivity index (χ2n) is 9.61. The lowest BCUT2D eigenvalue weighted by Gasteiger charge is -2.31. The predicted molar refractivity (Wildman–Crippen MR) is 136 cm³/mol. The Morgan fingerprint density at radius 3 is 2.62 bits per heavy atom. The van der Waals surface area contributed by atoms with Crippen LogP contribution >= 0.6 is 11.3 Å². The molecule has 1 atom stereocenters. The second-order valence-corrected chi connectivity index (χ2v) is 10.7. The minimum Gasteiger partial charge on any atom is -0.453 e. The summed E-state index contributed by atoms with van der Waals surface area (Å²) in [6.07, 6.45) is 8.23. The van der Waals surface area contributed by atoms with Gasteiger partial charge in [-0.05, 0) is 61.3 Å². The van der Waals surface area contributed by atoms with Gasteiger partial charge in [-0.3, -0.25) is 14.6 Å². The molecular formula is C28H29FN2O5S. The van der Waals surface area contributed by atoms with Crippen LogP contribution in [0.5, 0.6) is 11.5 Å². The number of carbonyl (C=O) groups excluding carboxylic acids is 4. The molecule has 5 rings (SSSR count). The molecular weight excluding hydrogens is 495 g/mol. The molecule has 2 aromatic heterocycles. The predicted octanol–water partition coefficient (Wildman–Crippen LogP) is 5.82. The smallest absolute Gasteiger partial charge is 0.373 e. The average molecular weight is 525 g/mol. The lowest BCUT2D eigenvalue weighted by molar-refractivity contribution is -0.191. The second kappa shape index (κ2) is 12.2. The molecule has 1 saturated heterocycles. The van der Waals surface area contributed by atoms with Crippen LogP contribution in [0.4, 0.5) is 4.39 Å². The number of fused-ring (bicyclic) bond motifs is 1. The summed E-state index contributed by atoms with van der Waals surface area (Å²) in [5.41, 5.74) is 1.32. The van der Waals surface area contributed by atoms with Crippen molar-refractivity contribution >= 4 is 39.4 Å². The monoisotopic (exact) mass is 524 g/mol. The molecule has 3 aromatic rings. The van der Waals surface area contributed by atoms with Crippen LogP contribution in [-0.2, 0) is 20.8 Å². The summed E-state index contributed by atoms with van der Waals surface area (Å²) < 4.78 is 21.4. The molecule has 9 heteroatoms. The minimum absolute atomic E-state index is 0.0264. The highest BCUT2D eigenvalue weighted by Crippen LogP contribution is 2.37. The van der Waals surface area contributed by atoms with E-state index in [9.17, 15) is 14.0 Å². The topological polar surface area (TPSA) is 93.6 Å². The molecule has 1 aliphatic heterocycles. The first-order valence-corrected chi connectivity index (χ1v) is 13.4. The number of carbonyl (C=O) groups is 2. The van der Waals surface area contributed by atoms with Gasteiger partial charge >= 0.3 is 6.15 Å². The summed E-state index contributed by atoms with van der Waals surface area (Å²) in [4.78, 5) is 48.4. The lowest BCUT2D eigenvalue weighted by Crippen LogP contribution is -2.39. The highest BCUT2D eigenvalue weighted by atomic mass is 32.1. The number of nitrogens with zero attached hydrogens (tertiary/aromatic N) is 2. The van der Waals surface area contributed by atoms with E-state index in [1.54, 1.807) is 30.5 Å². The van der Waals surface area contributed by atoms with Crippen molar-refractivity contribution in [2.45, 2.75) is 51.9 Å². The SMILES string of the molecule is CCC1CCCN(C(=O)c2cc3nccc(Oc4ccc(CC(=O)CC5CC5)cc4F)c3s2)C1.O=C=O. The molecule has 194 valence electrons. The number of aromatic nitrogens is 1. The fraction of sp³-hybridized carbons (Fsp3) is 0.429. The zero-order valence-electron chi connectivity index (χ0n) is 20.7. The van der Waals surface area contributed by atoms with Gasteiger partial charge in [0, 0.05) is 38.2 Å². The number of Topliss-reactive ketones (excluding diaryl/α,β-unsaturated/α-hetero) is 1. The van der Waals surface area contributed by atoms with Gasteiger partial charge in [-0.25, -0.2) is 4.39 Å². The molecule has 0 radical (unpaired) electrons. The lowest BCUT2D eigenvalue weighted by atomic mass is 9.95. The quantitative estimate of drug-likeness (QED) is 0.369. The molecule has 7 nitrogen and oxygen atoms in total. The number of halogens is 1. The molecule has 0 spiro atoms. The maximum Gasteiger partial charge on any atom is 0.373 e. The minimum atomic E-state index is -0.506. The van der Waals surface area contributed by atoms with Gasteiger partial charge < -0.3 is 9.64 Å². The Morgan fingerprint density at radius 2 is 1.92 bits per heavy atom. The molecule has 2 fully saturated rings. The van der Waals surface area contributed by atoms with Crippen molar-refractivity contribution < 1.29 is 28.3 Å². The van der Waals surface area contributed by atoms with Gasteiger partial charge in [0.15, 0.2) is 11.6 Å². The number of hydrogen-bond donors (Lipinski definition) is 0. The highest BCUT2D eigenvalue weighted by Gasteiger charge is 2.26. The summed E-state index contributed by atoms with van der Waals surface area (Å²) >= 11 is 1.34. The molecule has 0 bridgehead atoms. The Bertz CT molecular complexity index is 1310. The molecule has 1 unspecified atom stereocenters. The van der Waals surface area contributed by atoms with Crippen LogP contribution in [-0.4, -0.2) is 40.8 Å². The maximum atomic E-state index is 14.8. The summed E-state index contributed by atoms with van der Waals surface area (Å²) in [7, 11) is 0. The van der Waals surface area contributed by atoms with Crippen molar-refractivity contribution in [2.24, 2.45) is 11.8 Å². The number of hydrogen-bond acceptors (Lipinski definition) is 7. The van der Waals surface area contributed by atoms with Gasteiger partial charge in [0.25, 0.3) is 5.91 Å². The Hall–Kier alpha value is -3.42. The van der Waals surface area contributed by atoms with Crippen LogP contribution < -0.4 is 4.74 Å². The van der Waals surface area contributed by atoms with Gasteiger partial charge in [-0.2, -0.15) is 9.59 Å². The molecule has 1 aliphatic carbocycles. The van der Waals surface area contributed by atoms with Gasteiger partial charge in [-0.15, -0.1) is 11.3 Å². The zero-order valence-corrected chi connectivity index (χ0v) is 21.5. The van der Waals surface area contributed by atoms with E-state index in [-0.39, 0.29) is 30.0 Å². The highest BCUT2D eigenvalue weighted by molar-refractivity contribution is 7.21. The number of piperidine rings is 1. The number of rotatable bonds is 8. The first-order chi connectivity index (χ1) is 17.9. The molecule has 37 heavy (non-hydrogen) atoms. The molecule has 0 N–H and O–H groups in total. The molecule has 3 heterocycles. The van der Waals surface area contributed by atoms with Crippen molar-refractivity contribution in [3.8, 4) is 11.5 Å². The largest absolute Gasteiger partial charge is 0.453 e. The molecule has 2 aliphatic rings. The normalized spacial score (nSPS) is 17.0. The van der Waals surface area contributed by atoms with E-state index in [2.05, 4.69) is 11.9 Å². The number of thiophene rings is 1. The first-order valence-electron chi connectivity index (χ1n) is 12.6. The molecule has 1 aromatic carbocycles. The number of likely N-dealkylation sites (tertiary alicyclic amines) is 1. The van der Waals surface area contributed by atoms with Crippen molar-refractivity contribution in [3.05, 3.63) is 52.8 Å².